The molecule has 0 aromatic rings. The molecular weight excluding hydrogens is 154 g/mol. The first-order chi connectivity index (χ1) is 4.64. The molecule has 1 saturated heterocycles. The average Bonchev–Trinajstić information content (AvgIpc) is 2.12. The summed E-state index contributed by atoms with van der Waals surface area (Å²) in [6.07, 6.45) is 1.92. The number of hydrogen-bond acceptors (Lipinski definition) is 2. The molecule has 1 heterocycles. The summed E-state index contributed by atoms with van der Waals surface area (Å²) in [5.41, 5.74) is 0. The SMILES string of the molecule is CP1(=O)CCC(C#CF)O1. The van der Waals surface area contributed by atoms with Crippen LogP contribution in [0.3, 0.4) is 0 Å². The molecule has 0 radical (unpaired) electrons. The molecule has 1 aliphatic heterocycles. The van der Waals surface area contributed by atoms with Gasteiger partial charge in [0, 0.05) is 12.8 Å². The molecule has 0 aromatic heterocycles. The summed E-state index contributed by atoms with van der Waals surface area (Å²) in [4.78, 5) is 0. The number of hydrogen-bond donors (Lipinski definition) is 0. The summed E-state index contributed by atoms with van der Waals surface area (Å²) >= 11 is 0. The summed E-state index contributed by atoms with van der Waals surface area (Å²) in [5.74, 6) is 2.19. The van der Waals surface area contributed by atoms with E-state index in [1.807, 2.05) is 0 Å². The fourth-order valence-electron chi connectivity index (χ4n) is 0.886. The van der Waals surface area contributed by atoms with E-state index in [1.54, 1.807) is 6.66 Å². The second-order valence-corrected chi connectivity index (χ2v) is 5.05. The van der Waals surface area contributed by atoms with Crippen LogP contribution in [-0.2, 0) is 9.09 Å². The molecule has 2 nitrogen and oxygen atoms in total. The minimum absolute atomic E-state index is 0.444. The van der Waals surface area contributed by atoms with Gasteiger partial charge in [-0.15, -0.1) is 4.39 Å². The van der Waals surface area contributed by atoms with Crippen molar-refractivity contribution < 1.29 is 13.5 Å². The van der Waals surface area contributed by atoms with E-state index in [-0.39, 0.29) is 0 Å². The maximum absolute atomic E-state index is 11.4. The molecule has 0 amide bonds. The lowest BCUT2D eigenvalue weighted by molar-refractivity contribution is 0.293. The summed E-state index contributed by atoms with van der Waals surface area (Å²) in [5, 5.41) is 0. The van der Waals surface area contributed by atoms with Gasteiger partial charge >= 0.3 is 0 Å². The van der Waals surface area contributed by atoms with E-state index in [0.29, 0.717) is 12.6 Å². The molecule has 0 N–H and O–H groups in total. The average molecular weight is 162 g/mol. The van der Waals surface area contributed by atoms with Crippen molar-refractivity contribution in [2.45, 2.75) is 12.5 Å². The van der Waals surface area contributed by atoms with Crippen LogP contribution < -0.4 is 0 Å². The highest BCUT2D eigenvalue weighted by atomic mass is 31.2. The molecule has 10 heavy (non-hydrogen) atoms. The third-order valence-corrected chi connectivity index (χ3v) is 3.13. The lowest BCUT2D eigenvalue weighted by Crippen LogP contribution is -1.97. The standard InChI is InChI=1S/C6H8FO2P/c1-10(8)5-3-6(9-10)2-4-7/h6H,3,5H2,1H3. The number of halogens is 1. The van der Waals surface area contributed by atoms with Crippen LogP contribution in [0.15, 0.2) is 0 Å². The highest BCUT2D eigenvalue weighted by Crippen LogP contribution is 2.50. The van der Waals surface area contributed by atoms with E-state index < -0.39 is 13.5 Å². The Morgan fingerprint density at radius 2 is 2.50 bits per heavy atom. The lowest BCUT2D eigenvalue weighted by Gasteiger charge is -2.02. The Kier molecular flexibility index (Phi) is 2.13. The Labute approximate surface area is 59.2 Å². The van der Waals surface area contributed by atoms with Crippen molar-refractivity contribution in [3.05, 3.63) is 0 Å². The Morgan fingerprint density at radius 3 is 2.90 bits per heavy atom. The Hall–Kier alpha value is -0.320. The van der Waals surface area contributed by atoms with Crippen LogP contribution in [0.4, 0.5) is 4.39 Å². The van der Waals surface area contributed by atoms with Gasteiger partial charge < -0.3 is 4.52 Å². The van der Waals surface area contributed by atoms with Crippen LogP contribution >= 0.6 is 7.37 Å². The lowest BCUT2D eigenvalue weighted by atomic mass is 10.3. The predicted molar refractivity (Wildman–Crippen MR) is 36.8 cm³/mol. The first-order valence-corrected chi connectivity index (χ1v) is 5.26. The van der Waals surface area contributed by atoms with Crippen molar-refractivity contribution in [1.29, 1.82) is 0 Å². The smallest absolute Gasteiger partial charge is 0.201 e. The van der Waals surface area contributed by atoms with Crippen LogP contribution in [0, 0.1) is 12.1 Å². The van der Waals surface area contributed by atoms with Gasteiger partial charge in [0.05, 0.1) is 0 Å². The molecule has 0 aliphatic carbocycles. The van der Waals surface area contributed by atoms with E-state index >= 15 is 0 Å². The van der Waals surface area contributed by atoms with Crippen molar-refractivity contribution in [3.8, 4) is 12.1 Å². The van der Waals surface area contributed by atoms with Gasteiger partial charge in [-0.05, 0) is 12.3 Å². The van der Waals surface area contributed by atoms with Crippen molar-refractivity contribution in [3.63, 3.8) is 0 Å². The third-order valence-electron chi connectivity index (χ3n) is 1.36. The van der Waals surface area contributed by atoms with Gasteiger partial charge in [-0.1, -0.05) is 0 Å². The second-order valence-electron chi connectivity index (χ2n) is 2.36. The summed E-state index contributed by atoms with van der Waals surface area (Å²) in [6.45, 7) is 1.55. The largest absolute Gasteiger partial charge is 0.312 e. The van der Waals surface area contributed by atoms with Crippen LogP contribution in [-0.4, -0.2) is 18.9 Å². The second kappa shape index (κ2) is 2.74. The zero-order valence-corrected chi connectivity index (χ0v) is 6.53. The minimum Gasteiger partial charge on any atom is -0.312 e. The molecule has 0 saturated carbocycles. The van der Waals surface area contributed by atoms with Gasteiger partial charge in [0.15, 0.2) is 0 Å². The summed E-state index contributed by atoms with van der Waals surface area (Å²) in [7, 11) is -2.40. The minimum atomic E-state index is -2.40. The molecule has 1 rings (SSSR count). The van der Waals surface area contributed by atoms with Gasteiger partial charge in [0.2, 0.25) is 7.37 Å². The van der Waals surface area contributed by atoms with E-state index in [9.17, 15) is 8.96 Å². The third kappa shape index (κ3) is 1.83. The van der Waals surface area contributed by atoms with Gasteiger partial charge in [-0.2, -0.15) is 0 Å². The molecule has 0 spiro atoms. The summed E-state index contributed by atoms with van der Waals surface area (Å²) in [6, 6.07) is 0. The zero-order valence-electron chi connectivity index (χ0n) is 5.63. The van der Waals surface area contributed by atoms with Crippen LogP contribution in [0.1, 0.15) is 6.42 Å². The van der Waals surface area contributed by atoms with Crippen molar-refractivity contribution in [2.75, 3.05) is 12.8 Å². The molecule has 4 heteroatoms. The molecule has 1 fully saturated rings. The molecule has 2 atom stereocenters. The first-order valence-electron chi connectivity index (χ1n) is 3.00. The van der Waals surface area contributed by atoms with Gasteiger partial charge in [-0.25, -0.2) is 0 Å². The van der Waals surface area contributed by atoms with E-state index in [2.05, 4.69) is 5.92 Å². The quantitative estimate of drug-likeness (QED) is 0.399. The normalized spacial score (nSPS) is 38.8. The van der Waals surface area contributed by atoms with Gasteiger partial charge in [-0.3, -0.25) is 4.57 Å². The van der Waals surface area contributed by atoms with Crippen molar-refractivity contribution in [2.24, 2.45) is 0 Å². The molecule has 0 aromatic carbocycles. The number of rotatable bonds is 0. The Morgan fingerprint density at radius 1 is 1.80 bits per heavy atom. The topological polar surface area (TPSA) is 26.3 Å². The fraction of sp³-hybridized carbons (Fsp3) is 0.667. The molecule has 1 aliphatic rings. The highest BCUT2D eigenvalue weighted by molar-refractivity contribution is 7.58. The fourth-order valence-corrected chi connectivity index (χ4v) is 2.39. The molecule has 56 valence electrons. The van der Waals surface area contributed by atoms with Crippen molar-refractivity contribution >= 4 is 7.37 Å². The molecule has 2 unspecified atom stereocenters. The Balaban J connectivity index is 2.57. The van der Waals surface area contributed by atoms with Crippen LogP contribution in [0.5, 0.6) is 0 Å². The highest BCUT2D eigenvalue weighted by Gasteiger charge is 2.29. The maximum Gasteiger partial charge on any atom is 0.201 e. The predicted octanol–water partition coefficient (Wildman–Crippen LogP) is 1.61. The first kappa shape index (κ1) is 7.78. The summed E-state index contributed by atoms with van der Waals surface area (Å²) < 4.78 is 27.4. The monoisotopic (exact) mass is 162 g/mol. The molecular formula is C6H8FO2P. The maximum atomic E-state index is 11.4. The Bertz CT molecular complexity index is 228. The van der Waals surface area contributed by atoms with E-state index in [4.69, 9.17) is 4.52 Å². The van der Waals surface area contributed by atoms with Crippen LogP contribution in [0.2, 0.25) is 0 Å². The van der Waals surface area contributed by atoms with E-state index in [1.165, 1.54) is 6.17 Å². The van der Waals surface area contributed by atoms with Gasteiger partial charge in [0.25, 0.3) is 0 Å². The van der Waals surface area contributed by atoms with Gasteiger partial charge in [0.1, 0.15) is 12.3 Å². The molecule has 0 bridgehead atoms. The van der Waals surface area contributed by atoms with E-state index in [0.717, 1.165) is 0 Å². The zero-order chi connectivity index (χ0) is 7.61. The van der Waals surface area contributed by atoms with Crippen molar-refractivity contribution in [1.82, 2.24) is 0 Å². The van der Waals surface area contributed by atoms with Crippen LogP contribution in [0.25, 0.3) is 0 Å².